The molecule has 0 unspecified atom stereocenters. The molecular weight excluding hydrogens is 352 g/mol. The zero-order valence-electron chi connectivity index (χ0n) is 15.6. The van der Waals surface area contributed by atoms with Gasteiger partial charge in [-0.3, -0.25) is 4.79 Å². The monoisotopic (exact) mass is 375 g/mol. The van der Waals surface area contributed by atoms with Crippen molar-refractivity contribution in [2.45, 2.75) is 39.2 Å². The molecule has 0 spiro atoms. The molecule has 0 aromatic heterocycles. The van der Waals surface area contributed by atoms with E-state index in [-0.39, 0.29) is 18.5 Å². The third kappa shape index (κ3) is 6.16. The number of ether oxygens (including phenoxy) is 1. The first kappa shape index (κ1) is 20.6. The number of rotatable bonds is 6. The molecule has 0 aliphatic carbocycles. The maximum absolute atomic E-state index is 14.1. The van der Waals surface area contributed by atoms with E-state index in [0.29, 0.717) is 17.5 Å². The molecule has 2 aromatic carbocycles. The molecule has 0 fully saturated rings. The number of hydrogen-bond donors (Lipinski definition) is 1. The highest BCUT2D eigenvalue weighted by Crippen LogP contribution is 2.25. The van der Waals surface area contributed by atoms with Crippen LogP contribution in [0.25, 0.3) is 11.1 Å². The van der Waals surface area contributed by atoms with Gasteiger partial charge in [-0.25, -0.2) is 13.6 Å². The Balaban J connectivity index is 1.97. The highest BCUT2D eigenvalue weighted by Gasteiger charge is 2.17. The lowest BCUT2D eigenvalue weighted by Gasteiger charge is -2.19. The molecule has 0 aliphatic rings. The molecule has 2 aromatic rings. The second-order valence-corrected chi connectivity index (χ2v) is 7.13. The van der Waals surface area contributed by atoms with Gasteiger partial charge in [0.05, 0.1) is 5.56 Å². The molecule has 1 N–H and O–H groups in total. The van der Waals surface area contributed by atoms with Crippen molar-refractivity contribution in [1.82, 2.24) is 5.32 Å². The van der Waals surface area contributed by atoms with Gasteiger partial charge in [-0.2, -0.15) is 0 Å². The first-order valence-electron chi connectivity index (χ1n) is 8.72. The Morgan fingerprint density at radius 3 is 2.41 bits per heavy atom. The minimum Gasteiger partial charge on any atom is -0.444 e. The summed E-state index contributed by atoms with van der Waals surface area (Å²) in [6, 6.07) is 10.1. The Morgan fingerprint density at radius 2 is 1.74 bits per heavy atom. The molecule has 0 aliphatic heterocycles. The van der Waals surface area contributed by atoms with Gasteiger partial charge in [0.1, 0.15) is 17.2 Å². The normalized spacial score (nSPS) is 11.1. The predicted octanol–water partition coefficient (Wildman–Crippen LogP) is 5.12. The van der Waals surface area contributed by atoms with Crippen molar-refractivity contribution >= 4 is 11.9 Å². The van der Waals surface area contributed by atoms with Crippen molar-refractivity contribution in [1.29, 1.82) is 0 Å². The minimum atomic E-state index is -0.653. The molecule has 2 rings (SSSR count). The molecule has 4 nitrogen and oxygen atoms in total. The van der Waals surface area contributed by atoms with Crippen molar-refractivity contribution < 1.29 is 23.1 Å². The molecule has 0 heterocycles. The Kier molecular flexibility index (Phi) is 6.66. The van der Waals surface area contributed by atoms with Crippen molar-refractivity contribution in [3.63, 3.8) is 0 Å². The quantitative estimate of drug-likeness (QED) is 0.563. The number of amides is 1. The molecule has 0 saturated heterocycles. The molecule has 1 amide bonds. The summed E-state index contributed by atoms with van der Waals surface area (Å²) in [5.74, 6) is -1.50. The Hall–Kier alpha value is -2.76. The van der Waals surface area contributed by atoms with Crippen molar-refractivity contribution in [2.75, 3.05) is 6.54 Å². The van der Waals surface area contributed by atoms with E-state index < -0.39 is 29.1 Å². The van der Waals surface area contributed by atoms with Crippen molar-refractivity contribution in [3.8, 4) is 11.1 Å². The second kappa shape index (κ2) is 8.75. The Bertz CT molecular complexity index is 828. The summed E-state index contributed by atoms with van der Waals surface area (Å²) >= 11 is 0. The summed E-state index contributed by atoms with van der Waals surface area (Å²) in [6.07, 6.45) is -0.183. The molecule has 0 atom stereocenters. The Labute approximate surface area is 157 Å². The highest BCUT2D eigenvalue weighted by molar-refractivity contribution is 5.97. The van der Waals surface area contributed by atoms with Crippen LogP contribution in [-0.4, -0.2) is 24.0 Å². The number of nitrogens with one attached hydrogen (secondary N) is 1. The van der Waals surface area contributed by atoms with E-state index in [4.69, 9.17) is 4.74 Å². The van der Waals surface area contributed by atoms with Crippen LogP contribution in [0.1, 0.15) is 44.0 Å². The molecule has 27 heavy (non-hydrogen) atoms. The number of hydrogen-bond acceptors (Lipinski definition) is 3. The molecule has 144 valence electrons. The van der Waals surface area contributed by atoms with E-state index in [0.717, 1.165) is 6.07 Å². The van der Waals surface area contributed by atoms with E-state index in [1.807, 2.05) is 0 Å². The van der Waals surface area contributed by atoms with E-state index in [1.54, 1.807) is 39.0 Å². The number of carbonyl (C=O) groups excluding carboxylic acids is 2. The fourth-order valence-corrected chi connectivity index (χ4v) is 2.49. The second-order valence-electron chi connectivity index (χ2n) is 7.13. The number of ketones is 1. The minimum absolute atomic E-state index is 0.0491. The van der Waals surface area contributed by atoms with E-state index in [1.165, 1.54) is 18.2 Å². The van der Waals surface area contributed by atoms with Crippen LogP contribution in [0.2, 0.25) is 0 Å². The van der Waals surface area contributed by atoms with Gasteiger partial charge in [0.25, 0.3) is 0 Å². The first-order valence-corrected chi connectivity index (χ1v) is 8.72. The van der Waals surface area contributed by atoms with Crippen LogP contribution in [0.4, 0.5) is 13.6 Å². The predicted molar refractivity (Wildman–Crippen MR) is 99.6 cm³/mol. The summed E-state index contributed by atoms with van der Waals surface area (Å²) in [5, 5.41) is 2.55. The lowest BCUT2D eigenvalue weighted by Crippen LogP contribution is -2.33. The smallest absolute Gasteiger partial charge is 0.407 e. The lowest BCUT2D eigenvalue weighted by atomic mass is 9.99. The number of benzene rings is 2. The topological polar surface area (TPSA) is 55.4 Å². The van der Waals surface area contributed by atoms with Crippen LogP contribution in [0, 0.1) is 11.6 Å². The van der Waals surface area contributed by atoms with E-state index in [2.05, 4.69) is 5.32 Å². The van der Waals surface area contributed by atoms with Crippen LogP contribution in [-0.2, 0) is 4.74 Å². The zero-order chi connectivity index (χ0) is 20.0. The van der Waals surface area contributed by atoms with E-state index in [9.17, 15) is 18.4 Å². The van der Waals surface area contributed by atoms with Crippen LogP contribution in [0.3, 0.4) is 0 Å². The first-order chi connectivity index (χ1) is 12.7. The average Bonchev–Trinajstić information content (AvgIpc) is 2.58. The van der Waals surface area contributed by atoms with Crippen LogP contribution >= 0.6 is 0 Å². The van der Waals surface area contributed by atoms with Gasteiger partial charge < -0.3 is 10.1 Å². The zero-order valence-corrected chi connectivity index (χ0v) is 15.6. The number of halogens is 2. The average molecular weight is 375 g/mol. The summed E-state index contributed by atoms with van der Waals surface area (Å²) in [7, 11) is 0. The van der Waals surface area contributed by atoms with Gasteiger partial charge in [0, 0.05) is 18.5 Å². The number of Topliss-reactive ketones (excluding diaryl/α,β-unsaturated/α-hetero) is 1. The summed E-state index contributed by atoms with van der Waals surface area (Å²) in [5.41, 5.74) is 0.0480. The van der Waals surface area contributed by atoms with Gasteiger partial charge in [0.15, 0.2) is 5.78 Å². The molecular formula is C21H23F2NO3. The maximum Gasteiger partial charge on any atom is 0.407 e. The summed E-state index contributed by atoms with van der Waals surface area (Å²) in [6.45, 7) is 5.49. The van der Waals surface area contributed by atoms with Crippen LogP contribution in [0.15, 0.2) is 42.5 Å². The Morgan fingerprint density at radius 1 is 1.04 bits per heavy atom. The molecule has 6 heteroatoms. The molecule has 0 radical (unpaired) electrons. The van der Waals surface area contributed by atoms with Gasteiger partial charge >= 0.3 is 6.09 Å². The standard InChI is InChI=1S/C21H23F2NO3/c1-21(2,3)27-20(26)24-12-6-9-19(25)16-13-14(10-11-18(16)23)15-7-4-5-8-17(15)22/h4-5,7-8,10-11,13H,6,9,12H2,1-3H3,(H,24,26). The third-order valence-electron chi connectivity index (χ3n) is 3.70. The number of carbonyl (C=O) groups is 2. The third-order valence-corrected chi connectivity index (χ3v) is 3.70. The van der Waals surface area contributed by atoms with Crippen LogP contribution in [0.5, 0.6) is 0 Å². The van der Waals surface area contributed by atoms with Crippen LogP contribution < -0.4 is 5.32 Å². The van der Waals surface area contributed by atoms with Gasteiger partial charge in [-0.15, -0.1) is 0 Å². The van der Waals surface area contributed by atoms with Crippen molar-refractivity contribution in [3.05, 3.63) is 59.7 Å². The fourth-order valence-electron chi connectivity index (χ4n) is 2.49. The number of alkyl carbamates (subject to hydrolysis) is 1. The van der Waals surface area contributed by atoms with Gasteiger partial charge in [0.2, 0.25) is 0 Å². The lowest BCUT2D eigenvalue weighted by molar-refractivity contribution is 0.0525. The summed E-state index contributed by atoms with van der Waals surface area (Å²) in [4.78, 5) is 23.9. The molecule has 0 bridgehead atoms. The van der Waals surface area contributed by atoms with E-state index >= 15 is 0 Å². The largest absolute Gasteiger partial charge is 0.444 e. The van der Waals surface area contributed by atoms with Crippen molar-refractivity contribution in [2.24, 2.45) is 0 Å². The highest BCUT2D eigenvalue weighted by atomic mass is 19.1. The summed E-state index contributed by atoms with van der Waals surface area (Å²) < 4.78 is 33.1. The van der Waals surface area contributed by atoms with Gasteiger partial charge in [-0.05, 0) is 51.0 Å². The fraction of sp³-hybridized carbons (Fsp3) is 0.333. The maximum atomic E-state index is 14.1. The SMILES string of the molecule is CC(C)(C)OC(=O)NCCCC(=O)c1cc(-c2ccccc2F)ccc1F. The molecule has 0 saturated carbocycles. The van der Waals surface area contributed by atoms with Gasteiger partial charge in [-0.1, -0.05) is 24.3 Å².